The van der Waals surface area contributed by atoms with E-state index in [4.69, 9.17) is 0 Å². The van der Waals surface area contributed by atoms with Crippen molar-refractivity contribution >= 4 is 17.5 Å². The molecule has 1 fully saturated rings. The molecule has 1 aromatic heterocycles. The average Bonchev–Trinajstić information content (AvgIpc) is 2.83. The van der Waals surface area contributed by atoms with E-state index in [-0.39, 0.29) is 6.03 Å². The maximum Gasteiger partial charge on any atom is 0.416 e. The van der Waals surface area contributed by atoms with Gasteiger partial charge in [0.2, 0.25) is 0 Å². The van der Waals surface area contributed by atoms with Crippen molar-refractivity contribution in [1.82, 2.24) is 14.9 Å². The number of aryl methyl sites for hydroxylation is 2. The molecule has 1 aliphatic rings. The van der Waals surface area contributed by atoms with E-state index in [2.05, 4.69) is 27.1 Å². The molecule has 34 heavy (non-hydrogen) atoms. The zero-order valence-corrected chi connectivity index (χ0v) is 19.1. The number of carbonyl (C=O) groups is 1. The van der Waals surface area contributed by atoms with E-state index in [1.54, 1.807) is 4.90 Å². The van der Waals surface area contributed by atoms with E-state index in [1.165, 1.54) is 12.1 Å². The quantitative estimate of drug-likeness (QED) is 0.557. The Balaban J connectivity index is 1.42. The first-order chi connectivity index (χ1) is 16.2. The van der Waals surface area contributed by atoms with Gasteiger partial charge in [0.1, 0.15) is 5.82 Å². The van der Waals surface area contributed by atoms with Gasteiger partial charge in [-0.2, -0.15) is 13.2 Å². The minimum atomic E-state index is -4.39. The van der Waals surface area contributed by atoms with E-state index in [1.807, 2.05) is 37.3 Å². The Morgan fingerprint density at radius 1 is 1.00 bits per heavy atom. The Bertz CT molecular complexity index is 1160. The largest absolute Gasteiger partial charge is 0.416 e. The van der Waals surface area contributed by atoms with Crippen molar-refractivity contribution in [3.8, 4) is 11.4 Å². The van der Waals surface area contributed by atoms with Crippen LogP contribution in [0.25, 0.3) is 11.4 Å². The molecule has 0 aliphatic carbocycles. The van der Waals surface area contributed by atoms with Crippen LogP contribution in [-0.2, 0) is 12.6 Å². The Morgan fingerprint density at radius 2 is 1.71 bits per heavy atom. The molecule has 6 nitrogen and oxygen atoms in total. The summed E-state index contributed by atoms with van der Waals surface area (Å²) in [6, 6.07) is 14.4. The summed E-state index contributed by atoms with van der Waals surface area (Å²) in [5.74, 6) is 1.07. The molecule has 1 N–H and O–H groups in total. The molecule has 0 saturated carbocycles. The molecule has 4 rings (SSSR count). The van der Waals surface area contributed by atoms with Gasteiger partial charge in [-0.1, -0.05) is 31.2 Å². The lowest BCUT2D eigenvalue weighted by Crippen LogP contribution is -2.50. The Labute approximate surface area is 196 Å². The van der Waals surface area contributed by atoms with Gasteiger partial charge in [0.05, 0.1) is 5.56 Å². The first-order valence-corrected chi connectivity index (χ1v) is 11.2. The van der Waals surface area contributed by atoms with Gasteiger partial charge in [-0.15, -0.1) is 0 Å². The predicted octanol–water partition coefficient (Wildman–Crippen LogP) is 5.39. The van der Waals surface area contributed by atoms with Crippen molar-refractivity contribution in [2.45, 2.75) is 26.4 Å². The summed E-state index contributed by atoms with van der Waals surface area (Å²) < 4.78 is 38.6. The predicted molar refractivity (Wildman–Crippen MR) is 126 cm³/mol. The third-order valence-corrected chi connectivity index (χ3v) is 5.79. The van der Waals surface area contributed by atoms with Gasteiger partial charge < -0.3 is 15.1 Å². The van der Waals surface area contributed by atoms with Crippen LogP contribution in [0.4, 0.5) is 29.5 Å². The number of nitrogens with one attached hydrogen (secondary N) is 1. The number of anilines is 2. The summed E-state index contributed by atoms with van der Waals surface area (Å²) in [6.07, 6.45) is -3.49. The number of carbonyl (C=O) groups excluding carboxylic acids is 1. The number of benzene rings is 2. The lowest BCUT2D eigenvalue weighted by atomic mass is 10.1. The lowest BCUT2D eigenvalue weighted by molar-refractivity contribution is -0.137. The minimum Gasteiger partial charge on any atom is -0.353 e. The third kappa shape index (κ3) is 5.47. The molecule has 3 aromatic rings. The van der Waals surface area contributed by atoms with E-state index < -0.39 is 11.7 Å². The second-order valence-electron chi connectivity index (χ2n) is 8.22. The Morgan fingerprint density at radius 3 is 2.35 bits per heavy atom. The van der Waals surface area contributed by atoms with Crippen LogP contribution in [0.15, 0.2) is 54.6 Å². The number of hydrogen-bond donors (Lipinski definition) is 1. The molecule has 0 spiro atoms. The number of nitrogens with zero attached hydrogens (tertiary/aromatic N) is 4. The smallest absolute Gasteiger partial charge is 0.353 e. The van der Waals surface area contributed by atoms with E-state index >= 15 is 0 Å². The normalized spacial score (nSPS) is 14.3. The molecular formula is C25H26F3N5O. The maximum atomic E-state index is 12.9. The molecule has 1 aliphatic heterocycles. The maximum absolute atomic E-state index is 12.9. The van der Waals surface area contributed by atoms with Crippen LogP contribution in [0.3, 0.4) is 0 Å². The highest BCUT2D eigenvalue weighted by Crippen LogP contribution is 2.31. The van der Waals surface area contributed by atoms with Crippen molar-refractivity contribution in [3.05, 3.63) is 71.4 Å². The fraction of sp³-hybridized carbons (Fsp3) is 0.320. The standard InChI is InChI=1S/C25H26F3N5O/c1-3-18-5-4-6-21(16-18)30-24(34)33-13-11-32(12-14-33)22-15-17(2)29-23(31-22)19-7-9-20(10-8-19)25(26,27)28/h4-10,15-16H,3,11-14H2,1-2H3,(H,30,34). The minimum absolute atomic E-state index is 0.141. The number of aromatic nitrogens is 2. The number of urea groups is 1. The number of piperazine rings is 1. The number of halogens is 3. The van der Waals surface area contributed by atoms with Crippen LogP contribution >= 0.6 is 0 Å². The van der Waals surface area contributed by atoms with Crippen molar-refractivity contribution in [2.75, 3.05) is 36.4 Å². The highest BCUT2D eigenvalue weighted by atomic mass is 19.4. The third-order valence-electron chi connectivity index (χ3n) is 5.79. The highest BCUT2D eigenvalue weighted by molar-refractivity contribution is 5.89. The Kier molecular flexibility index (Phi) is 6.72. The fourth-order valence-corrected chi connectivity index (χ4v) is 3.86. The fourth-order valence-electron chi connectivity index (χ4n) is 3.86. The summed E-state index contributed by atoms with van der Waals surface area (Å²) in [4.78, 5) is 25.5. The second-order valence-corrected chi connectivity index (χ2v) is 8.22. The summed E-state index contributed by atoms with van der Waals surface area (Å²) in [7, 11) is 0. The van der Waals surface area contributed by atoms with Crippen molar-refractivity contribution < 1.29 is 18.0 Å². The molecule has 2 heterocycles. The van der Waals surface area contributed by atoms with Gasteiger partial charge in [0.15, 0.2) is 5.82 Å². The number of amides is 2. The van der Waals surface area contributed by atoms with E-state index in [0.29, 0.717) is 43.4 Å². The van der Waals surface area contributed by atoms with Gasteiger partial charge in [0.25, 0.3) is 0 Å². The SMILES string of the molecule is CCc1cccc(NC(=O)N2CCN(c3cc(C)nc(-c4ccc(C(F)(F)F)cc4)n3)CC2)c1. The Hall–Kier alpha value is -3.62. The van der Waals surface area contributed by atoms with Crippen molar-refractivity contribution in [2.24, 2.45) is 0 Å². The van der Waals surface area contributed by atoms with Gasteiger partial charge in [-0.05, 0) is 43.2 Å². The molecule has 178 valence electrons. The molecule has 0 radical (unpaired) electrons. The van der Waals surface area contributed by atoms with Gasteiger partial charge in [-0.25, -0.2) is 14.8 Å². The zero-order chi connectivity index (χ0) is 24.3. The summed E-state index contributed by atoms with van der Waals surface area (Å²) in [5.41, 5.74) is 2.46. The van der Waals surface area contributed by atoms with Crippen LogP contribution < -0.4 is 10.2 Å². The van der Waals surface area contributed by atoms with Crippen LogP contribution in [0.1, 0.15) is 23.7 Å². The lowest BCUT2D eigenvalue weighted by Gasteiger charge is -2.35. The topological polar surface area (TPSA) is 61.4 Å². The average molecular weight is 470 g/mol. The molecule has 0 unspecified atom stereocenters. The van der Waals surface area contributed by atoms with E-state index in [9.17, 15) is 18.0 Å². The van der Waals surface area contributed by atoms with Gasteiger partial charge >= 0.3 is 12.2 Å². The van der Waals surface area contributed by atoms with Crippen LogP contribution in [0.2, 0.25) is 0 Å². The molecule has 9 heteroatoms. The molecule has 1 saturated heterocycles. The number of hydrogen-bond acceptors (Lipinski definition) is 4. The molecule has 2 amide bonds. The first kappa shape index (κ1) is 23.5. The van der Waals surface area contributed by atoms with Crippen LogP contribution in [0.5, 0.6) is 0 Å². The highest BCUT2D eigenvalue weighted by Gasteiger charge is 2.30. The first-order valence-electron chi connectivity index (χ1n) is 11.2. The summed E-state index contributed by atoms with van der Waals surface area (Å²) in [5, 5.41) is 2.96. The van der Waals surface area contributed by atoms with E-state index in [0.717, 1.165) is 35.5 Å². The van der Waals surface area contributed by atoms with Gasteiger partial charge in [-0.3, -0.25) is 0 Å². The number of alkyl halides is 3. The second kappa shape index (κ2) is 9.70. The number of rotatable bonds is 4. The van der Waals surface area contributed by atoms with Crippen molar-refractivity contribution in [1.29, 1.82) is 0 Å². The van der Waals surface area contributed by atoms with Crippen LogP contribution in [-0.4, -0.2) is 47.1 Å². The van der Waals surface area contributed by atoms with Crippen LogP contribution in [0, 0.1) is 6.92 Å². The molecular weight excluding hydrogens is 443 g/mol. The van der Waals surface area contributed by atoms with Crippen molar-refractivity contribution in [3.63, 3.8) is 0 Å². The summed E-state index contributed by atoms with van der Waals surface area (Å²) >= 11 is 0. The van der Waals surface area contributed by atoms with Gasteiger partial charge in [0, 0.05) is 49.2 Å². The monoisotopic (exact) mass is 469 g/mol. The zero-order valence-electron chi connectivity index (χ0n) is 19.1. The summed E-state index contributed by atoms with van der Waals surface area (Å²) in [6.45, 7) is 6.12. The molecule has 2 aromatic carbocycles. The molecule has 0 bridgehead atoms. The molecule has 0 atom stereocenters.